The van der Waals surface area contributed by atoms with Crippen LogP contribution in [-0.4, -0.2) is 16.8 Å². The van der Waals surface area contributed by atoms with E-state index in [1.807, 2.05) is 0 Å². The van der Waals surface area contributed by atoms with Gasteiger partial charge in [-0.25, -0.2) is 0 Å². The summed E-state index contributed by atoms with van der Waals surface area (Å²) in [6, 6.07) is 12.0. The highest BCUT2D eigenvalue weighted by atomic mass is 79.9. The molecule has 0 aliphatic rings. The van der Waals surface area contributed by atoms with E-state index in [2.05, 4.69) is 26.4 Å². The Kier molecular flexibility index (Phi) is 4.98. The molecule has 6 heteroatoms. The van der Waals surface area contributed by atoms with Crippen LogP contribution in [0.4, 0.5) is 5.69 Å². The highest BCUT2D eigenvalue weighted by Gasteiger charge is 2.13. The lowest BCUT2D eigenvalue weighted by Gasteiger charge is -2.11. The summed E-state index contributed by atoms with van der Waals surface area (Å²) in [5.74, 6) is -0.281. The average molecular weight is 368 g/mol. The largest absolute Gasteiger partial charge is 0.411 e. The van der Waals surface area contributed by atoms with Crippen molar-refractivity contribution in [1.82, 2.24) is 0 Å². The van der Waals surface area contributed by atoms with Crippen LogP contribution in [0.3, 0.4) is 0 Å². The summed E-state index contributed by atoms with van der Waals surface area (Å²) in [6.45, 7) is 1.66. The van der Waals surface area contributed by atoms with E-state index in [4.69, 9.17) is 16.8 Å². The second-order valence-corrected chi connectivity index (χ2v) is 5.60. The van der Waals surface area contributed by atoms with Crippen molar-refractivity contribution in [3.05, 3.63) is 63.1 Å². The van der Waals surface area contributed by atoms with Crippen LogP contribution in [0.2, 0.25) is 5.02 Å². The SMILES string of the molecule is C/C(=N/O)c1ccccc1NC(=O)c1ccc(Cl)cc1Br. The van der Waals surface area contributed by atoms with Crippen LogP contribution in [0.25, 0.3) is 0 Å². The summed E-state index contributed by atoms with van der Waals surface area (Å²) in [7, 11) is 0. The Morgan fingerprint density at radius 3 is 2.62 bits per heavy atom. The molecule has 0 fully saturated rings. The lowest BCUT2D eigenvalue weighted by Crippen LogP contribution is -2.15. The van der Waals surface area contributed by atoms with Crippen molar-refractivity contribution >= 4 is 44.8 Å². The molecule has 2 N–H and O–H groups in total. The van der Waals surface area contributed by atoms with Crippen molar-refractivity contribution < 1.29 is 10.0 Å². The van der Waals surface area contributed by atoms with Gasteiger partial charge in [0, 0.05) is 15.1 Å². The summed E-state index contributed by atoms with van der Waals surface area (Å²) in [6.07, 6.45) is 0. The number of benzene rings is 2. The zero-order valence-corrected chi connectivity index (χ0v) is 13.4. The highest BCUT2D eigenvalue weighted by Crippen LogP contribution is 2.23. The third-order valence-corrected chi connectivity index (χ3v) is 3.78. The third-order valence-electron chi connectivity index (χ3n) is 2.89. The Bertz CT molecular complexity index is 717. The molecule has 0 atom stereocenters. The average Bonchev–Trinajstić information content (AvgIpc) is 2.46. The molecule has 0 bridgehead atoms. The topological polar surface area (TPSA) is 61.7 Å². The van der Waals surface area contributed by atoms with Gasteiger partial charge < -0.3 is 10.5 Å². The van der Waals surface area contributed by atoms with Gasteiger partial charge in [0.1, 0.15) is 0 Å². The maximum atomic E-state index is 12.3. The fraction of sp³-hybridized carbons (Fsp3) is 0.0667. The number of rotatable bonds is 3. The molecule has 0 saturated heterocycles. The monoisotopic (exact) mass is 366 g/mol. The van der Waals surface area contributed by atoms with E-state index < -0.39 is 0 Å². The quantitative estimate of drug-likeness (QED) is 0.475. The zero-order chi connectivity index (χ0) is 15.4. The molecule has 2 aromatic rings. The number of carbonyl (C=O) groups is 1. The lowest BCUT2D eigenvalue weighted by molar-refractivity contribution is 0.102. The predicted octanol–water partition coefficient (Wildman–Crippen LogP) is 4.55. The van der Waals surface area contributed by atoms with Crippen molar-refractivity contribution in [3.63, 3.8) is 0 Å². The number of halogens is 2. The first kappa shape index (κ1) is 15.5. The Morgan fingerprint density at radius 1 is 1.24 bits per heavy atom. The second-order valence-electron chi connectivity index (χ2n) is 4.31. The number of para-hydroxylation sites is 1. The molecule has 0 aliphatic heterocycles. The Hall–Kier alpha value is -1.85. The first-order valence-corrected chi connectivity index (χ1v) is 7.24. The van der Waals surface area contributed by atoms with E-state index in [1.54, 1.807) is 49.4 Å². The number of nitrogens with one attached hydrogen (secondary N) is 1. The van der Waals surface area contributed by atoms with Crippen LogP contribution < -0.4 is 5.32 Å². The molecular weight excluding hydrogens is 356 g/mol. The standard InChI is InChI=1S/C15H12BrClN2O2/c1-9(19-21)11-4-2-3-5-14(11)18-15(20)12-7-6-10(17)8-13(12)16/h2-8,21H,1H3,(H,18,20)/b19-9-. The summed E-state index contributed by atoms with van der Waals surface area (Å²) in [4.78, 5) is 12.3. The van der Waals surface area contributed by atoms with E-state index in [-0.39, 0.29) is 5.91 Å². The van der Waals surface area contributed by atoms with Crippen molar-refractivity contribution in [2.75, 3.05) is 5.32 Å². The van der Waals surface area contributed by atoms with Crippen LogP contribution in [0.1, 0.15) is 22.8 Å². The summed E-state index contributed by atoms with van der Waals surface area (Å²) in [5.41, 5.74) is 2.10. The Balaban J connectivity index is 2.32. The van der Waals surface area contributed by atoms with Gasteiger partial charge in [-0.1, -0.05) is 35.0 Å². The molecule has 0 radical (unpaired) electrons. The minimum absolute atomic E-state index is 0.281. The molecule has 0 unspecified atom stereocenters. The van der Waals surface area contributed by atoms with E-state index >= 15 is 0 Å². The van der Waals surface area contributed by atoms with Crippen molar-refractivity contribution in [3.8, 4) is 0 Å². The van der Waals surface area contributed by atoms with Crippen LogP contribution in [-0.2, 0) is 0 Å². The molecule has 0 heterocycles. The van der Waals surface area contributed by atoms with Gasteiger partial charge in [0.15, 0.2) is 0 Å². The number of hydrogen-bond acceptors (Lipinski definition) is 3. The molecule has 0 saturated carbocycles. The van der Waals surface area contributed by atoms with Crippen LogP contribution >= 0.6 is 27.5 Å². The maximum absolute atomic E-state index is 12.3. The molecular formula is C15H12BrClN2O2. The van der Waals surface area contributed by atoms with Crippen molar-refractivity contribution in [1.29, 1.82) is 0 Å². The molecule has 21 heavy (non-hydrogen) atoms. The first-order chi connectivity index (χ1) is 10.0. The fourth-order valence-corrected chi connectivity index (χ4v) is 2.69. The normalized spacial score (nSPS) is 11.3. The molecule has 2 rings (SSSR count). The predicted molar refractivity (Wildman–Crippen MR) is 87.5 cm³/mol. The van der Waals surface area contributed by atoms with E-state index in [0.717, 1.165) is 0 Å². The van der Waals surface area contributed by atoms with E-state index in [1.165, 1.54) is 0 Å². The Labute approximate surface area is 135 Å². The van der Waals surface area contributed by atoms with Crippen molar-refractivity contribution in [2.45, 2.75) is 6.92 Å². The Morgan fingerprint density at radius 2 is 1.95 bits per heavy atom. The molecule has 0 spiro atoms. The third kappa shape index (κ3) is 3.62. The number of hydrogen-bond donors (Lipinski definition) is 2. The van der Waals surface area contributed by atoms with Crippen LogP contribution in [0.15, 0.2) is 52.1 Å². The molecule has 0 aromatic heterocycles. The molecule has 108 valence electrons. The van der Waals surface area contributed by atoms with Gasteiger partial charge >= 0.3 is 0 Å². The molecule has 0 aliphatic carbocycles. The van der Waals surface area contributed by atoms with Gasteiger partial charge in [0.2, 0.25) is 0 Å². The number of oxime groups is 1. The molecule has 2 aromatic carbocycles. The zero-order valence-electron chi connectivity index (χ0n) is 11.1. The first-order valence-electron chi connectivity index (χ1n) is 6.07. The molecule has 1 amide bonds. The summed E-state index contributed by atoms with van der Waals surface area (Å²) >= 11 is 9.18. The van der Waals surface area contributed by atoms with E-state index in [9.17, 15) is 4.79 Å². The minimum atomic E-state index is -0.281. The fourth-order valence-electron chi connectivity index (χ4n) is 1.82. The van der Waals surface area contributed by atoms with Crippen LogP contribution in [0.5, 0.6) is 0 Å². The van der Waals surface area contributed by atoms with Gasteiger partial charge in [0.25, 0.3) is 5.91 Å². The summed E-state index contributed by atoms with van der Waals surface area (Å²) < 4.78 is 0.609. The highest BCUT2D eigenvalue weighted by molar-refractivity contribution is 9.10. The second kappa shape index (κ2) is 6.74. The van der Waals surface area contributed by atoms with Crippen LogP contribution in [0, 0.1) is 0 Å². The van der Waals surface area contributed by atoms with E-state index in [0.29, 0.717) is 32.0 Å². The number of nitrogens with zero attached hydrogens (tertiary/aromatic N) is 1. The molecule has 4 nitrogen and oxygen atoms in total. The lowest BCUT2D eigenvalue weighted by atomic mass is 10.1. The maximum Gasteiger partial charge on any atom is 0.256 e. The van der Waals surface area contributed by atoms with Crippen molar-refractivity contribution in [2.24, 2.45) is 5.16 Å². The van der Waals surface area contributed by atoms with Gasteiger partial charge in [-0.3, -0.25) is 4.79 Å². The number of carbonyl (C=O) groups excluding carboxylic acids is 1. The smallest absolute Gasteiger partial charge is 0.256 e. The minimum Gasteiger partial charge on any atom is -0.411 e. The summed E-state index contributed by atoms with van der Waals surface area (Å²) in [5, 5.41) is 15.4. The van der Waals surface area contributed by atoms with Gasteiger partial charge in [-0.2, -0.15) is 0 Å². The van der Waals surface area contributed by atoms with Gasteiger partial charge in [-0.05, 0) is 47.1 Å². The number of amides is 1. The van der Waals surface area contributed by atoms with Gasteiger partial charge in [0.05, 0.1) is 17.0 Å². The van der Waals surface area contributed by atoms with Gasteiger partial charge in [-0.15, -0.1) is 0 Å². The number of anilines is 1.